The zero-order valence-electron chi connectivity index (χ0n) is 15.1. The third kappa shape index (κ3) is 4.66. The van der Waals surface area contributed by atoms with Gasteiger partial charge < -0.3 is 15.8 Å². The van der Waals surface area contributed by atoms with Crippen molar-refractivity contribution in [1.29, 1.82) is 0 Å². The summed E-state index contributed by atoms with van der Waals surface area (Å²) in [5, 5.41) is 2.53. The summed E-state index contributed by atoms with van der Waals surface area (Å²) < 4.78 is 48.2. The number of ether oxygens (including phenoxy) is 1. The maximum atomic E-state index is 14.5. The monoisotopic (exact) mass is 392 g/mol. The molecule has 2 heterocycles. The van der Waals surface area contributed by atoms with Crippen LogP contribution in [-0.2, 0) is 11.2 Å². The molecule has 148 valence electrons. The van der Waals surface area contributed by atoms with Gasteiger partial charge in [0.25, 0.3) is 11.8 Å². The summed E-state index contributed by atoms with van der Waals surface area (Å²) in [4.78, 5) is 19.9. The molecule has 0 bridgehead atoms. The number of aromatic nitrogens is 1. The van der Waals surface area contributed by atoms with E-state index in [1.807, 2.05) is 6.92 Å². The van der Waals surface area contributed by atoms with Gasteiger partial charge in [-0.3, -0.25) is 14.8 Å². The maximum Gasteiger partial charge on any atom is 0.276 e. The van der Waals surface area contributed by atoms with Crippen molar-refractivity contribution in [3.8, 4) is 0 Å². The second kappa shape index (κ2) is 7.97. The van der Waals surface area contributed by atoms with Crippen molar-refractivity contribution in [2.45, 2.75) is 25.3 Å². The van der Waals surface area contributed by atoms with Crippen molar-refractivity contribution >= 4 is 17.4 Å². The summed E-state index contributed by atoms with van der Waals surface area (Å²) in [6, 6.07) is 5.26. The number of nitrogens with one attached hydrogen (secondary N) is 1. The number of alkyl halides is 2. The summed E-state index contributed by atoms with van der Waals surface area (Å²) in [7, 11) is 0. The minimum Gasteiger partial charge on any atom is -0.386 e. The number of pyridine rings is 1. The van der Waals surface area contributed by atoms with Crippen molar-refractivity contribution in [3.63, 3.8) is 0 Å². The van der Waals surface area contributed by atoms with E-state index in [-0.39, 0.29) is 36.0 Å². The highest BCUT2D eigenvalue weighted by atomic mass is 19.3. The van der Waals surface area contributed by atoms with Crippen LogP contribution in [-0.4, -0.2) is 41.9 Å². The quantitative estimate of drug-likeness (QED) is 0.819. The van der Waals surface area contributed by atoms with Gasteiger partial charge >= 0.3 is 0 Å². The standard InChI is InChI=1S/C19H19F3N4O2/c1-11-2-5-15(24-8-11)18(27)25-13-3-4-14(20)12(6-13)7-19(21,22)16-9-28-10-17(23)26-16/h2-6,8,16H,7,9-10H2,1H3,(H2,23,26)(H,25,27)/t16-/m1/s1. The molecule has 0 saturated carbocycles. The van der Waals surface area contributed by atoms with Crippen LogP contribution in [0, 0.1) is 12.7 Å². The fourth-order valence-electron chi connectivity index (χ4n) is 2.72. The van der Waals surface area contributed by atoms with E-state index in [1.54, 1.807) is 6.07 Å². The number of amidine groups is 1. The van der Waals surface area contributed by atoms with Crippen LogP contribution in [0.2, 0.25) is 0 Å². The van der Waals surface area contributed by atoms with Gasteiger partial charge in [0.15, 0.2) is 0 Å². The molecule has 0 radical (unpaired) electrons. The topological polar surface area (TPSA) is 89.6 Å². The van der Waals surface area contributed by atoms with Crippen LogP contribution in [0.15, 0.2) is 41.5 Å². The molecule has 0 unspecified atom stereocenters. The van der Waals surface area contributed by atoms with Crippen LogP contribution in [0.1, 0.15) is 21.6 Å². The molecule has 3 rings (SSSR count). The third-order valence-corrected chi connectivity index (χ3v) is 4.21. The van der Waals surface area contributed by atoms with E-state index in [1.165, 1.54) is 24.4 Å². The van der Waals surface area contributed by atoms with Gasteiger partial charge in [-0.2, -0.15) is 0 Å². The molecule has 0 saturated heterocycles. The zero-order valence-corrected chi connectivity index (χ0v) is 15.1. The molecule has 1 atom stereocenters. The van der Waals surface area contributed by atoms with Crippen molar-refractivity contribution in [3.05, 3.63) is 59.2 Å². The Hall–Kier alpha value is -2.94. The van der Waals surface area contributed by atoms with Crippen LogP contribution in [0.3, 0.4) is 0 Å². The van der Waals surface area contributed by atoms with Gasteiger partial charge in [0, 0.05) is 18.3 Å². The van der Waals surface area contributed by atoms with Crippen molar-refractivity contribution in [1.82, 2.24) is 4.98 Å². The van der Waals surface area contributed by atoms with Crippen molar-refractivity contribution < 1.29 is 22.7 Å². The first-order chi connectivity index (χ1) is 13.2. The van der Waals surface area contributed by atoms with E-state index in [4.69, 9.17) is 10.5 Å². The maximum absolute atomic E-state index is 14.5. The number of hydrogen-bond acceptors (Lipinski definition) is 5. The molecular weight excluding hydrogens is 373 g/mol. The number of benzene rings is 1. The molecule has 3 N–H and O–H groups in total. The number of anilines is 1. The molecule has 9 heteroatoms. The highest BCUT2D eigenvalue weighted by Gasteiger charge is 2.42. The molecule has 1 aliphatic heterocycles. The number of carbonyl (C=O) groups is 1. The molecule has 0 fully saturated rings. The SMILES string of the molecule is Cc1ccc(C(=O)Nc2ccc(F)c(CC(F)(F)[C@H]3COCC(N)=N3)c2)nc1. The second-order valence-corrected chi connectivity index (χ2v) is 6.57. The number of halogens is 3. The molecule has 1 amide bonds. The predicted molar refractivity (Wildman–Crippen MR) is 98.2 cm³/mol. The molecule has 1 aromatic carbocycles. The summed E-state index contributed by atoms with van der Waals surface area (Å²) >= 11 is 0. The van der Waals surface area contributed by atoms with Gasteiger partial charge in [0.2, 0.25) is 0 Å². The molecule has 0 aliphatic carbocycles. The Labute approximate surface area is 159 Å². The highest BCUT2D eigenvalue weighted by Crippen LogP contribution is 2.30. The van der Waals surface area contributed by atoms with E-state index in [2.05, 4.69) is 15.3 Å². The molecule has 1 aromatic heterocycles. The second-order valence-electron chi connectivity index (χ2n) is 6.57. The molecule has 1 aliphatic rings. The van der Waals surface area contributed by atoms with Gasteiger partial charge in [0.1, 0.15) is 30.0 Å². The van der Waals surface area contributed by atoms with Gasteiger partial charge in [-0.1, -0.05) is 6.07 Å². The van der Waals surface area contributed by atoms with Gasteiger partial charge in [-0.15, -0.1) is 0 Å². The number of hydrogen-bond donors (Lipinski definition) is 2. The van der Waals surface area contributed by atoms with Crippen LogP contribution < -0.4 is 11.1 Å². The molecule has 6 nitrogen and oxygen atoms in total. The fourth-order valence-corrected chi connectivity index (χ4v) is 2.72. The van der Waals surface area contributed by atoms with Gasteiger partial charge in [-0.25, -0.2) is 13.2 Å². The van der Waals surface area contributed by atoms with Crippen molar-refractivity contribution in [2.75, 3.05) is 18.5 Å². The Morgan fingerprint density at radius 2 is 2.14 bits per heavy atom. The first-order valence-corrected chi connectivity index (χ1v) is 8.55. The Morgan fingerprint density at radius 1 is 1.36 bits per heavy atom. The number of aryl methyl sites for hydroxylation is 1. The number of nitrogens with zero attached hydrogens (tertiary/aromatic N) is 2. The minimum atomic E-state index is -3.37. The van der Waals surface area contributed by atoms with Gasteiger partial charge in [0.05, 0.1) is 6.61 Å². The number of aliphatic imine (C=N–C) groups is 1. The fraction of sp³-hybridized carbons (Fsp3) is 0.316. The van der Waals surface area contributed by atoms with Crippen LogP contribution in [0.5, 0.6) is 0 Å². The summed E-state index contributed by atoms with van der Waals surface area (Å²) in [5.74, 6) is -4.72. The summed E-state index contributed by atoms with van der Waals surface area (Å²) in [5.41, 5.74) is 6.43. The highest BCUT2D eigenvalue weighted by molar-refractivity contribution is 6.02. The Balaban J connectivity index is 1.76. The third-order valence-electron chi connectivity index (χ3n) is 4.21. The van der Waals surface area contributed by atoms with Crippen LogP contribution in [0.25, 0.3) is 0 Å². The Morgan fingerprint density at radius 3 is 2.82 bits per heavy atom. The molecular formula is C19H19F3N4O2. The predicted octanol–water partition coefficient (Wildman–Crippen LogP) is 2.72. The Kier molecular flexibility index (Phi) is 5.64. The Bertz CT molecular complexity index is 901. The summed E-state index contributed by atoms with van der Waals surface area (Å²) in [6.45, 7) is 1.52. The van der Waals surface area contributed by atoms with Crippen LogP contribution >= 0.6 is 0 Å². The number of nitrogens with two attached hydrogens (primary N) is 1. The first kappa shape index (κ1) is 19.8. The lowest BCUT2D eigenvalue weighted by atomic mass is 10.00. The molecule has 28 heavy (non-hydrogen) atoms. The largest absolute Gasteiger partial charge is 0.386 e. The lowest BCUT2D eigenvalue weighted by Gasteiger charge is -2.27. The molecule has 0 spiro atoms. The lowest BCUT2D eigenvalue weighted by Crippen LogP contribution is -2.43. The first-order valence-electron chi connectivity index (χ1n) is 8.55. The van der Waals surface area contributed by atoms with E-state index >= 15 is 0 Å². The summed E-state index contributed by atoms with van der Waals surface area (Å²) in [6.07, 6.45) is 0.625. The molecule has 2 aromatic rings. The van der Waals surface area contributed by atoms with Gasteiger partial charge in [-0.05, 0) is 42.3 Å². The average molecular weight is 392 g/mol. The lowest BCUT2D eigenvalue weighted by molar-refractivity contribution is -0.0520. The average Bonchev–Trinajstić information content (AvgIpc) is 2.65. The minimum absolute atomic E-state index is 0.00446. The van der Waals surface area contributed by atoms with Crippen LogP contribution in [0.4, 0.5) is 18.9 Å². The van der Waals surface area contributed by atoms with E-state index in [0.717, 1.165) is 11.6 Å². The normalized spacial score (nSPS) is 17.1. The smallest absolute Gasteiger partial charge is 0.276 e. The zero-order chi connectivity index (χ0) is 20.3. The number of amides is 1. The van der Waals surface area contributed by atoms with E-state index < -0.39 is 30.1 Å². The van der Waals surface area contributed by atoms with E-state index in [0.29, 0.717) is 0 Å². The number of carbonyl (C=O) groups excluding carboxylic acids is 1. The van der Waals surface area contributed by atoms with Crippen molar-refractivity contribution in [2.24, 2.45) is 10.7 Å². The number of rotatable bonds is 5. The van der Waals surface area contributed by atoms with E-state index in [9.17, 15) is 18.0 Å².